The van der Waals surface area contributed by atoms with Crippen LogP contribution < -0.4 is 0 Å². The molecule has 12 heteroatoms. The van der Waals surface area contributed by atoms with Gasteiger partial charge in [-0.05, 0) is 103 Å². The Morgan fingerprint density at radius 2 is 0.729 bits per heavy atom. The van der Waals surface area contributed by atoms with Gasteiger partial charge in [0, 0.05) is 19.3 Å². The summed E-state index contributed by atoms with van der Waals surface area (Å²) in [6.07, 6.45) is 56.0. The predicted octanol–water partition coefficient (Wildman–Crippen LogP) is 16.4. The van der Waals surface area contributed by atoms with Crippen LogP contribution in [0, 0.1) is 0 Å². The molecule has 0 saturated heterocycles. The van der Waals surface area contributed by atoms with E-state index in [0.29, 0.717) is 19.3 Å². The molecule has 406 valence electrons. The molecule has 11 nitrogen and oxygen atoms in total. The van der Waals surface area contributed by atoms with Crippen LogP contribution in [0.1, 0.15) is 252 Å². The molecule has 0 aromatic heterocycles. The molecule has 70 heavy (non-hydrogen) atoms. The zero-order valence-corrected chi connectivity index (χ0v) is 45.6. The highest BCUT2D eigenvalue weighted by molar-refractivity contribution is 7.47. The number of aliphatic hydroxyl groups excluding tert-OH is 1. The van der Waals surface area contributed by atoms with Crippen molar-refractivity contribution in [2.75, 3.05) is 26.4 Å². The molecule has 0 aliphatic rings. The molecule has 0 spiro atoms. The van der Waals surface area contributed by atoms with Gasteiger partial charge in [0.15, 0.2) is 6.10 Å². The fraction of sp³-hybridized carbons (Fsp3) is 0.776. The number of hydrogen-bond donors (Lipinski definition) is 2. The van der Waals surface area contributed by atoms with E-state index in [1.54, 1.807) is 0 Å². The van der Waals surface area contributed by atoms with Crippen LogP contribution in [0.5, 0.6) is 0 Å². The smallest absolute Gasteiger partial charge is 0.462 e. The maximum absolute atomic E-state index is 12.9. The van der Waals surface area contributed by atoms with E-state index in [2.05, 4.69) is 81.5 Å². The minimum Gasteiger partial charge on any atom is -0.462 e. The van der Waals surface area contributed by atoms with E-state index >= 15 is 0 Å². The van der Waals surface area contributed by atoms with Crippen molar-refractivity contribution in [3.8, 4) is 0 Å². The molecule has 2 N–H and O–H groups in total. The van der Waals surface area contributed by atoms with Crippen molar-refractivity contribution in [1.29, 1.82) is 0 Å². The summed E-state index contributed by atoms with van der Waals surface area (Å²) >= 11 is 0. The number of carbonyl (C=O) groups excluding carboxylic acids is 3. The quantitative estimate of drug-likeness (QED) is 0.0197. The second-order valence-electron chi connectivity index (χ2n) is 18.7. The monoisotopic (exact) mass is 1010 g/mol. The maximum atomic E-state index is 12.9. The Morgan fingerprint density at radius 3 is 1.16 bits per heavy atom. The van der Waals surface area contributed by atoms with Gasteiger partial charge in [0.25, 0.3) is 0 Å². The fourth-order valence-corrected chi connectivity index (χ4v) is 8.32. The molecule has 3 unspecified atom stereocenters. The fourth-order valence-electron chi connectivity index (χ4n) is 7.54. The Bertz CT molecular complexity index is 1410. The molecule has 0 aliphatic heterocycles. The Kier molecular flexibility index (Phi) is 50.4. The van der Waals surface area contributed by atoms with Crippen molar-refractivity contribution in [3.05, 3.63) is 60.8 Å². The number of allylic oxidation sites excluding steroid dienone is 10. The van der Waals surface area contributed by atoms with Crippen LogP contribution in [-0.4, -0.2) is 66.5 Å². The van der Waals surface area contributed by atoms with Crippen molar-refractivity contribution in [3.63, 3.8) is 0 Å². The Morgan fingerprint density at radius 1 is 0.400 bits per heavy atom. The number of esters is 3. The topological polar surface area (TPSA) is 155 Å². The molecule has 0 rings (SSSR count). The first-order chi connectivity index (χ1) is 34.2. The van der Waals surface area contributed by atoms with Gasteiger partial charge in [-0.2, -0.15) is 0 Å². The van der Waals surface area contributed by atoms with Crippen molar-refractivity contribution >= 4 is 25.7 Å². The molecule has 0 aromatic carbocycles. The van der Waals surface area contributed by atoms with Crippen molar-refractivity contribution in [1.82, 2.24) is 0 Å². The number of hydrogen-bond acceptors (Lipinski definition) is 10. The third-order valence-electron chi connectivity index (χ3n) is 11.9. The molecule has 0 radical (unpaired) electrons. The van der Waals surface area contributed by atoms with Gasteiger partial charge in [-0.1, -0.05) is 191 Å². The van der Waals surface area contributed by atoms with Gasteiger partial charge < -0.3 is 24.2 Å². The van der Waals surface area contributed by atoms with Crippen molar-refractivity contribution in [2.24, 2.45) is 0 Å². The normalized spacial score (nSPS) is 13.8. The third kappa shape index (κ3) is 50.1. The lowest BCUT2D eigenvalue weighted by atomic mass is 10.1. The molecule has 0 aliphatic carbocycles. The van der Waals surface area contributed by atoms with Gasteiger partial charge >= 0.3 is 25.7 Å². The third-order valence-corrected chi connectivity index (χ3v) is 12.8. The highest BCUT2D eigenvalue weighted by atomic mass is 31.2. The molecule has 0 fully saturated rings. The number of phosphoric ester groups is 1. The Balaban J connectivity index is 4.75. The predicted molar refractivity (Wildman–Crippen MR) is 288 cm³/mol. The van der Waals surface area contributed by atoms with Crippen molar-refractivity contribution < 1.29 is 52.2 Å². The number of unbranched alkanes of at least 4 members (excludes halogenated alkanes) is 25. The molecule has 0 saturated carbocycles. The Hall–Kier alpha value is -2.82. The lowest BCUT2D eigenvalue weighted by Crippen LogP contribution is -2.30. The lowest BCUT2D eigenvalue weighted by Gasteiger charge is -2.21. The van der Waals surface area contributed by atoms with Crippen LogP contribution >= 0.6 is 7.82 Å². The number of ether oxygens (including phenoxy) is 3. The molecule has 0 heterocycles. The maximum Gasteiger partial charge on any atom is 0.472 e. The highest BCUT2D eigenvalue weighted by Gasteiger charge is 2.28. The molecular formula is C58H103O11P. The summed E-state index contributed by atoms with van der Waals surface area (Å²) in [5, 5.41) is 9.79. The van der Waals surface area contributed by atoms with Crippen LogP contribution in [0.4, 0.5) is 0 Å². The van der Waals surface area contributed by atoms with Crippen LogP contribution in [0.25, 0.3) is 0 Å². The summed E-state index contributed by atoms with van der Waals surface area (Å²) in [6, 6.07) is 0. The van der Waals surface area contributed by atoms with Crippen LogP contribution in [0.15, 0.2) is 60.8 Å². The van der Waals surface area contributed by atoms with Gasteiger partial charge in [0.05, 0.1) is 19.8 Å². The standard InChI is InChI=1S/C58H103O11P/c1-4-7-10-13-16-19-22-25-26-27-28-31-34-37-40-43-46-49-58(62)69-55(51-65-56(60)47-44-41-38-35-32-29-23-20-17-14-11-8-5-2)53-67-70(63,64)66-52-54(50-59)68-57(61)48-45-42-39-36-33-30-24-21-18-15-12-9-6-3/h12,15-16,19-21,23-26,54-55,59H,4-11,13-14,17-18,22,27-53H2,1-3H3,(H,63,64)/b15-12-,19-16-,23-20-,24-21-,26-25-. The zero-order valence-electron chi connectivity index (χ0n) is 44.7. The summed E-state index contributed by atoms with van der Waals surface area (Å²) in [4.78, 5) is 48.4. The first-order valence-electron chi connectivity index (χ1n) is 28.2. The largest absolute Gasteiger partial charge is 0.472 e. The number of rotatable bonds is 52. The second-order valence-corrected chi connectivity index (χ2v) is 20.2. The molecule has 0 aromatic rings. The minimum absolute atomic E-state index is 0.156. The summed E-state index contributed by atoms with van der Waals surface area (Å²) in [5.74, 6) is -1.49. The van der Waals surface area contributed by atoms with E-state index < -0.39 is 57.8 Å². The first kappa shape index (κ1) is 67.2. The second kappa shape index (κ2) is 52.5. The molecule has 3 atom stereocenters. The molecule has 0 bridgehead atoms. The van der Waals surface area contributed by atoms with Gasteiger partial charge in [-0.15, -0.1) is 0 Å². The van der Waals surface area contributed by atoms with Gasteiger partial charge in [-0.25, -0.2) is 4.57 Å². The van der Waals surface area contributed by atoms with Crippen LogP contribution in [0.3, 0.4) is 0 Å². The van der Waals surface area contributed by atoms with E-state index in [-0.39, 0.29) is 25.9 Å². The average molecular weight is 1010 g/mol. The van der Waals surface area contributed by atoms with Crippen LogP contribution in [0.2, 0.25) is 0 Å². The highest BCUT2D eigenvalue weighted by Crippen LogP contribution is 2.43. The SMILES string of the molecule is CCC/C=C\C/C=C\CCCCCCCC(=O)OC(CO)COP(=O)(O)OCC(COC(=O)CCCCCCC/C=C\CCCCCC)OC(=O)CCCCCCCCC/C=C\C/C=C\CCCCC. The number of carbonyl (C=O) groups is 3. The van der Waals surface area contributed by atoms with Gasteiger partial charge in [-0.3, -0.25) is 23.4 Å². The summed E-state index contributed by atoms with van der Waals surface area (Å²) in [6.45, 7) is 4.51. The average Bonchev–Trinajstić information content (AvgIpc) is 3.35. The first-order valence-corrected chi connectivity index (χ1v) is 29.7. The molecular weight excluding hydrogens is 904 g/mol. The number of aliphatic hydroxyl groups is 1. The van der Waals surface area contributed by atoms with E-state index in [1.165, 1.54) is 70.6 Å². The zero-order chi connectivity index (χ0) is 51.3. The van der Waals surface area contributed by atoms with Crippen LogP contribution in [-0.2, 0) is 42.2 Å². The van der Waals surface area contributed by atoms with E-state index in [4.69, 9.17) is 23.3 Å². The summed E-state index contributed by atoms with van der Waals surface area (Å²) in [5.41, 5.74) is 0. The Labute approximate surface area is 427 Å². The molecule has 0 amide bonds. The number of phosphoric acid groups is 1. The van der Waals surface area contributed by atoms with E-state index in [0.717, 1.165) is 122 Å². The van der Waals surface area contributed by atoms with E-state index in [9.17, 15) is 28.9 Å². The summed E-state index contributed by atoms with van der Waals surface area (Å²) < 4.78 is 39.4. The van der Waals surface area contributed by atoms with Crippen molar-refractivity contribution in [2.45, 2.75) is 264 Å². The minimum atomic E-state index is -4.75. The van der Waals surface area contributed by atoms with E-state index in [1.807, 2.05) is 0 Å². The van der Waals surface area contributed by atoms with Gasteiger partial charge in [0.1, 0.15) is 12.7 Å². The van der Waals surface area contributed by atoms with Gasteiger partial charge in [0.2, 0.25) is 0 Å². The lowest BCUT2D eigenvalue weighted by molar-refractivity contribution is -0.161. The summed E-state index contributed by atoms with van der Waals surface area (Å²) in [7, 11) is -4.75.